The highest BCUT2D eigenvalue weighted by molar-refractivity contribution is 9.10. The van der Waals surface area contributed by atoms with Crippen LogP contribution in [0.15, 0.2) is 75.1 Å². The van der Waals surface area contributed by atoms with E-state index in [1.165, 1.54) is 23.1 Å². The van der Waals surface area contributed by atoms with Crippen molar-refractivity contribution in [2.45, 2.75) is 0 Å². The van der Waals surface area contributed by atoms with Crippen LogP contribution in [0.4, 0.5) is 11.4 Å². The summed E-state index contributed by atoms with van der Waals surface area (Å²) in [5, 5.41) is 13.3. The molecule has 0 bridgehead atoms. The standard InChI is InChI=1S/C21H12BrN3O5S/c22-13-2-1-3-15(10-13)24-20(27)17(19(26)23-21(24)31)11-16-8-9-18(30-16)12-4-6-14(7-5-12)25(28)29/h1-11H,(H,23,26,31). The Morgan fingerprint density at radius 1 is 1.10 bits per heavy atom. The van der Waals surface area contributed by atoms with E-state index in [1.807, 2.05) is 0 Å². The van der Waals surface area contributed by atoms with Gasteiger partial charge in [-0.15, -0.1) is 0 Å². The first-order valence-corrected chi connectivity index (χ1v) is 10.1. The van der Waals surface area contributed by atoms with Crippen molar-refractivity contribution in [3.05, 3.63) is 86.6 Å². The summed E-state index contributed by atoms with van der Waals surface area (Å²) in [5.41, 5.74) is 0.941. The van der Waals surface area contributed by atoms with Crippen LogP contribution in [0.2, 0.25) is 0 Å². The van der Waals surface area contributed by atoms with Crippen molar-refractivity contribution in [1.29, 1.82) is 0 Å². The topological polar surface area (TPSA) is 106 Å². The fraction of sp³-hybridized carbons (Fsp3) is 0. The van der Waals surface area contributed by atoms with Crippen LogP contribution in [0.25, 0.3) is 17.4 Å². The molecule has 0 saturated carbocycles. The number of rotatable bonds is 4. The summed E-state index contributed by atoms with van der Waals surface area (Å²) in [6.07, 6.45) is 1.33. The number of nitro groups is 1. The third kappa shape index (κ3) is 4.16. The summed E-state index contributed by atoms with van der Waals surface area (Å²) in [7, 11) is 0. The van der Waals surface area contributed by atoms with Gasteiger partial charge in [0.25, 0.3) is 17.5 Å². The predicted molar refractivity (Wildman–Crippen MR) is 121 cm³/mol. The number of anilines is 1. The molecule has 2 heterocycles. The van der Waals surface area contributed by atoms with Gasteiger partial charge in [0, 0.05) is 22.2 Å². The van der Waals surface area contributed by atoms with Crippen LogP contribution in [0.1, 0.15) is 5.76 Å². The third-order valence-electron chi connectivity index (χ3n) is 4.44. The summed E-state index contributed by atoms with van der Waals surface area (Å²) in [5.74, 6) is -0.506. The lowest BCUT2D eigenvalue weighted by atomic mass is 10.1. The van der Waals surface area contributed by atoms with Crippen molar-refractivity contribution < 1.29 is 18.9 Å². The van der Waals surface area contributed by atoms with Crippen LogP contribution in [0.5, 0.6) is 0 Å². The number of amides is 2. The lowest BCUT2D eigenvalue weighted by Gasteiger charge is -2.28. The Hall–Kier alpha value is -3.63. The summed E-state index contributed by atoms with van der Waals surface area (Å²) in [4.78, 5) is 37.0. The Kier molecular flexibility index (Phi) is 5.49. The third-order valence-corrected chi connectivity index (χ3v) is 5.22. The first-order chi connectivity index (χ1) is 14.8. The minimum atomic E-state index is -0.630. The smallest absolute Gasteiger partial charge is 0.270 e. The van der Waals surface area contributed by atoms with Crippen molar-refractivity contribution in [2.24, 2.45) is 0 Å². The van der Waals surface area contributed by atoms with Gasteiger partial charge in [-0.2, -0.15) is 0 Å². The molecule has 154 valence electrons. The Bertz CT molecular complexity index is 1270. The van der Waals surface area contributed by atoms with E-state index in [1.54, 1.807) is 48.5 Å². The molecule has 3 aromatic rings. The number of non-ortho nitro benzene ring substituents is 1. The monoisotopic (exact) mass is 497 g/mol. The van der Waals surface area contributed by atoms with Gasteiger partial charge in [0.05, 0.1) is 10.6 Å². The largest absolute Gasteiger partial charge is 0.457 e. The normalized spacial score (nSPS) is 15.3. The Labute approximate surface area is 189 Å². The molecule has 10 heteroatoms. The molecule has 1 fully saturated rings. The van der Waals surface area contributed by atoms with Gasteiger partial charge in [0.1, 0.15) is 17.1 Å². The number of nitrogens with one attached hydrogen (secondary N) is 1. The molecule has 0 spiro atoms. The number of thiocarbonyl (C=S) groups is 1. The van der Waals surface area contributed by atoms with Gasteiger partial charge in [-0.3, -0.25) is 29.9 Å². The molecule has 0 unspecified atom stereocenters. The summed E-state index contributed by atoms with van der Waals surface area (Å²) < 4.78 is 6.47. The molecule has 2 aromatic carbocycles. The van der Waals surface area contributed by atoms with Gasteiger partial charge >= 0.3 is 0 Å². The van der Waals surface area contributed by atoms with E-state index in [9.17, 15) is 19.7 Å². The highest BCUT2D eigenvalue weighted by atomic mass is 79.9. The van der Waals surface area contributed by atoms with Crippen molar-refractivity contribution in [1.82, 2.24) is 5.32 Å². The molecule has 0 radical (unpaired) electrons. The van der Waals surface area contributed by atoms with Crippen LogP contribution in [-0.4, -0.2) is 21.9 Å². The second-order valence-corrected chi connectivity index (χ2v) is 7.75. The number of halogens is 1. The number of carbonyl (C=O) groups is 2. The maximum absolute atomic E-state index is 13.0. The molecule has 1 N–H and O–H groups in total. The van der Waals surface area contributed by atoms with E-state index in [-0.39, 0.29) is 22.1 Å². The predicted octanol–water partition coefficient (Wildman–Crippen LogP) is 4.45. The lowest BCUT2D eigenvalue weighted by molar-refractivity contribution is -0.384. The second-order valence-electron chi connectivity index (χ2n) is 6.44. The van der Waals surface area contributed by atoms with Crippen LogP contribution < -0.4 is 10.2 Å². The summed E-state index contributed by atoms with van der Waals surface area (Å²) in [6.45, 7) is 0. The first kappa shape index (κ1) is 20.6. The Balaban J connectivity index is 1.64. The maximum Gasteiger partial charge on any atom is 0.270 e. The highest BCUT2D eigenvalue weighted by Gasteiger charge is 2.34. The van der Waals surface area contributed by atoms with Gasteiger partial charge in [-0.1, -0.05) is 22.0 Å². The maximum atomic E-state index is 13.0. The zero-order chi connectivity index (χ0) is 22.1. The van der Waals surface area contributed by atoms with Gasteiger partial charge < -0.3 is 4.42 Å². The van der Waals surface area contributed by atoms with Gasteiger partial charge in [0.15, 0.2) is 5.11 Å². The molecule has 31 heavy (non-hydrogen) atoms. The average Bonchev–Trinajstić information content (AvgIpc) is 3.20. The van der Waals surface area contributed by atoms with Gasteiger partial charge in [-0.05, 0) is 60.8 Å². The Morgan fingerprint density at radius 2 is 1.84 bits per heavy atom. The van der Waals surface area contributed by atoms with E-state index in [2.05, 4.69) is 21.2 Å². The average molecular weight is 498 g/mol. The molecular weight excluding hydrogens is 486 g/mol. The lowest BCUT2D eigenvalue weighted by Crippen LogP contribution is -2.54. The Morgan fingerprint density at radius 3 is 2.52 bits per heavy atom. The van der Waals surface area contributed by atoms with E-state index < -0.39 is 16.7 Å². The molecule has 1 saturated heterocycles. The molecule has 0 aliphatic carbocycles. The quantitative estimate of drug-likeness (QED) is 0.187. The van der Waals surface area contributed by atoms with Gasteiger partial charge in [0.2, 0.25) is 0 Å². The number of hydrogen-bond acceptors (Lipinski definition) is 6. The first-order valence-electron chi connectivity index (χ1n) is 8.85. The van der Waals surface area contributed by atoms with Crippen molar-refractivity contribution in [3.8, 4) is 11.3 Å². The fourth-order valence-electron chi connectivity index (χ4n) is 2.98. The van der Waals surface area contributed by atoms with Crippen molar-refractivity contribution in [3.63, 3.8) is 0 Å². The van der Waals surface area contributed by atoms with E-state index in [0.29, 0.717) is 17.0 Å². The zero-order valence-corrected chi connectivity index (χ0v) is 18.0. The minimum Gasteiger partial charge on any atom is -0.457 e. The summed E-state index contributed by atoms with van der Waals surface area (Å²) >= 11 is 8.53. The van der Waals surface area contributed by atoms with Crippen LogP contribution >= 0.6 is 28.1 Å². The molecule has 1 aliphatic heterocycles. The van der Waals surface area contributed by atoms with Crippen molar-refractivity contribution in [2.75, 3.05) is 4.90 Å². The molecule has 4 rings (SSSR count). The molecular formula is C21H12BrN3O5S. The number of benzene rings is 2. The van der Waals surface area contributed by atoms with E-state index >= 15 is 0 Å². The fourth-order valence-corrected chi connectivity index (χ4v) is 3.65. The number of nitro benzene ring substituents is 1. The molecule has 2 amide bonds. The molecule has 8 nitrogen and oxygen atoms in total. The van der Waals surface area contributed by atoms with Crippen LogP contribution in [0, 0.1) is 10.1 Å². The number of furan rings is 1. The van der Waals surface area contributed by atoms with Crippen LogP contribution in [-0.2, 0) is 9.59 Å². The molecule has 0 atom stereocenters. The van der Waals surface area contributed by atoms with Crippen molar-refractivity contribution >= 4 is 62.5 Å². The summed E-state index contributed by atoms with van der Waals surface area (Å²) in [6, 6.07) is 16.0. The SMILES string of the molecule is O=C1NC(=S)N(c2cccc(Br)c2)C(=O)C1=Cc1ccc(-c2ccc([N+](=O)[O-])cc2)o1. The van der Waals surface area contributed by atoms with E-state index in [0.717, 1.165) is 4.47 Å². The van der Waals surface area contributed by atoms with Crippen LogP contribution in [0.3, 0.4) is 0 Å². The molecule has 1 aliphatic rings. The number of carbonyl (C=O) groups excluding carboxylic acids is 2. The second kappa shape index (κ2) is 8.25. The number of hydrogen-bond donors (Lipinski definition) is 1. The molecule has 1 aromatic heterocycles. The number of nitrogens with zero attached hydrogens (tertiary/aromatic N) is 2. The minimum absolute atomic E-state index is 0.0173. The zero-order valence-electron chi connectivity index (χ0n) is 15.6. The highest BCUT2D eigenvalue weighted by Crippen LogP contribution is 2.28. The van der Waals surface area contributed by atoms with Gasteiger partial charge in [-0.25, -0.2) is 0 Å². The van der Waals surface area contributed by atoms with E-state index in [4.69, 9.17) is 16.6 Å².